The lowest BCUT2D eigenvalue weighted by molar-refractivity contribution is -0.117. The quantitative estimate of drug-likeness (QED) is 0.787. The van der Waals surface area contributed by atoms with Gasteiger partial charge in [-0.1, -0.05) is 0 Å². The maximum atomic E-state index is 11.6. The minimum atomic E-state index is 0.213. The molecule has 0 fully saturated rings. The van der Waals surface area contributed by atoms with Crippen LogP contribution in [-0.2, 0) is 17.6 Å². The smallest absolute Gasteiger partial charge is 0.142 e. The predicted octanol–water partition coefficient (Wildman–Crippen LogP) is 1.89. The van der Waals surface area contributed by atoms with Gasteiger partial charge < -0.3 is 0 Å². The lowest BCUT2D eigenvalue weighted by Gasteiger charge is -1.98. The fourth-order valence-electron chi connectivity index (χ4n) is 1.31. The van der Waals surface area contributed by atoms with E-state index in [4.69, 9.17) is 0 Å². The summed E-state index contributed by atoms with van der Waals surface area (Å²) in [5.74, 6) is 0.213. The second kappa shape index (κ2) is 4.79. The van der Waals surface area contributed by atoms with Crippen LogP contribution < -0.4 is 0 Å². The monoisotopic (exact) mass is 218 g/mol. The first-order valence-electron chi connectivity index (χ1n) is 4.62. The number of pyridine rings is 1. The molecule has 3 nitrogen and oxygen atoms in total. The van der Waals surface area contributed by atoms with Gasteiger partial charge in [0.2, 0.25) is 0 Å². The molecular weight excluding hydrogens is 208 g/mol. The molecule has 0 N–H and O–H groups in total. The van der Waals surface area contributed by atoms with E-state index in [9.17, 15) is 4.79 Å². The van der Waals surface area contributed by atoms with Crippen molar-refractivity contribution >= 4 is 17.1 Å². The van der Waals surface area contributed by atoms with Gasteiger partial charge in [-0.2, -0.15) is 0 Å². The molecule has 0 aromatic carbocycles. The van der Waals surface area contributed by atoms with Crippen molar-refractivity contribution in [2.24, 2.45) is 0 Å². The standard InChI is InChI=1S/C11H10N2OS/c14-10(6-11-7-13-8-15-11)5-9-1-3-12-4-2-9/h1-4,7-8H,5-6H2. The number of rotatable bonds is 4. The summed E-state index contributed by atoms with van der Waals surface area (Å²) in [4.78, 5) is 20.5. The van der Waals surface area contributed by atoms with Crippen molar-refractivity contribution in [1.29, 1.82) is 0 Å². The number of hydrogen-bond acceptors (Lipinski definition) is 4. The molecule has 0 saturated carbocycles. The van der Waals surface area contributed by atoms with Crippen LogP contribution in [0.2, 0.25) is 0 Å². The number of carbonyl (C=O) groups excluding carboxylic acids is 1. The van der Waals surface area contributed by atoms with Gasteiger partial charge >= 0.3 is 0 Å². The molecule has 0 saturated heterocycles. The SMILES string of the molecule is O=C(Cc1ccncc1)Cc1cncs1. The summed E-state index contributed by atoms with van der Waals surface area (Å²) in [6.07, 6.45) is 6.10. The molecule has 0 unspecified atom stereocenters. The minimum Gasteiger partial charge on any atom is -0.299 e. The molecule has 76 valence electrons. The van der Waals surface area contributed by atoms with Gasteiger partial charge in [0, 0.05) is 36.3 Å². The van der Waals surface area contributed by atoms with E-state index in [0.717, 1.165) is 10.4 Å². The number of nitrogens with zero attached hydrogens (tertiary/aromatic N) is 2. The molecular formula is C11H10N2OS. The van der Waals surface area contributed by atoms with E-state index in [1.54, 1.807) is 24.1 Å². The van der Waals surface area contributed by atoms with E-state index < -0.39 is 0 Å². The van der Waals surface area contributed by atoms with Gasteiger partial charge in [-0.3, -0.25) is 14.8 Å². The third-order valence-corrected chi connectivity index (χ3v) is 2.79. The minimum absolute atomic E-state index is 0.213. The molecule has 0 amide bonds. The molecule has 0 bridgehead atoms. The highest BCUT2D eigenvalue weighted by Crippen LogP contribution is 2.08. The van der Waals surface area contributed by atoms with Crippen molar-refractivity contribution in [1.82, 2.24) is 9.97 Å². The molecule has 0 aliphatic carbocycles. The summed E-state index contributed by atoms with van der Waals surface area (Å²) >= 11 is 1.52. The molecule has 2 aromatic rings. The number of carbonyl (C=O) groups is 1. The van der Waals surface area contributed by atoms with Gasteiger partial charge in [0.15, 0.2) is 0 Å². The summed E-state index contributed by atoms with van der Waals surface area (Å²) in [6.45, 7) is 0. The van der Waals surface area contributed by atoms with Gasteiger partial charge in [-0.25, -0.2) is 0 Å². The van der Waals surface area contributed by atoms with Crippen LogP contribution >= 0.6 is 11.3 Å². The molecule has 4 heteroatoms. The lowest BCUT2D eigenvalue weighted by atomic mass is 10.1. The molecule has 0 radical (unpaired) electrons. The van der Waals surface area contributed by atoms with Crippen molar-refractivity contribution in [3.63, 3.8) is 0 Å². The van der Waals surface area contributed by atoms with E-state index >= 15 is 0 Å². The fraction of sp³-hybridized carbons (Fsp3) is 0.182. The number of hydrogen-bond donors (Lipinski definition) is 0. The second-order valence-electron chi connectivity index (χ2n) is 3.22. The van der Waals surface area contributed by atoms with Gasteiger partial charge in [-0.15, -0.1) is 11.3 Å². The highest BCUT2D eigenvalue weighted by atomic mass is 32.1. The van der Waals surface area contributed by atoms with Gasteiger partial charge in [0.05, 0.1) is 5.51 Å². The Hall–Kier alpha value is -1.55. The zero-order chi connectivity index (χ0) is 10.5. The highest BCUT2D eigenvalue weighted by Gasteiger charge is 2.05. The van der Waals surface area contributed by atoms with Crippen molar-refractivity contribution in [2.75, 3.05) is 0 Å². The normalized spacial score (nSPS) is 10.1. The molecule has 2 aromatic heterocycles. The summed E-state index contributed by atoms with van der Waals surface area (Å²) in [5, 5.41) is 0. The highest BCUT2D eigenvalue weighted by molar-refractivity contribution is 7.09. The van der Waals surface area contributed by atoms with Crippen LogP contribution in [0.1, 0.15) is 10.4 Å². The average Bonchev–Trinajstić information content (AvgIpc) is 2.71. The van der Waals surface area contributed by atoms with Crippen molar-refractivity contribution < 1.29 is 4.79 Å². The van der Waals surface area contributed by atoms with Crippen LogP contribution in [0.25, 0.3) is 0 Å². The number of thiazole rings is 1. The molecule has 2 rings (SSSR count). The Morgan fingerprint density at radius 2 is 2.00 bits per heavy atom. The maximum Gasteiger partial charge on any atom is 0.142 e. The summed E-state index contributed by atoms with van der Waals surface area (Å²) in [5.41, 5.74) is 2.76. The molecule has 0 aliphatic rings. The van der Waals surface area contributed by atoms with E-state index in [-0.39, 0.29) is 5.78 Å². The first-order chi connectivity index (χ1) is 7.34. The average molecular weight is 218 g/mol. The van der Waals surface area contributed by atoms with Gasteiger partial charge in [0.1, 0.15) is 5.78 Å². The Morgan fingerprint density at radius 3 is 2.67 bits per heavy atom. The molecule has 2 heterocycles. The second-order valence-corrected chi connectivity index (χ2v) is 4.19. The largest absolute Gasteiger partial charge is 0.299 e. The van der Waals surface area contributed by atoms with Crippen LogP contribution in [0, 0.1) is 0 Å². The number of aromatic nitrogens is 2. The van der Waals surface area contributed by atoms with Crippen LogP contribution in [0.4, 0.5) is 0 Å². The Bertz CT molecular complexity index is 425. The fourth-order valence-corrected chi connectivity index (χ4v) is 1.94. The van der Waals surface area contributed by atoms with Crippen molar-refractivity contribution in [3.8, 4) is 0 Å². The molecule has 0 spiro atoms. The first kappa shape index (κ1) is 9.98. The summed E-state index contributed by atoms with van der Waals surface area (Å²) in [6, 6.07) is 3.73. The first-order valence-corrected chi connectivity index (χ1v) is 5.50. The van der Waals surface area contributed by atoms with Gasteiger partial charge in [-0.05, 0) is 17.7 Å². The molecule has 15 heavy (non-hydrogen) atoms. The Balaban J connectivity index is 1.94. The van der Waals surface area contributed by atoms with E-state index in [0.29, 0.717) is 12.8 Å². The molecule has 0 atom stereocenters. The zero-order valence-electron chi connectivity index (χ0n) is 8.09. The number of Topliss-reactive ketones (excluding diaryl/α,β-unsaturated/α-hetero) is 1. The third kappa shape index (κ3) is 2.95. The Morgan fingerprint density at radius 1 is 1.20 bits per heavy atom. The van der Waals surface area contributed by atoms with E-state index in [1.807, 2.05) is 12.1 Å². The summed E-state index contributed by atoms with van der Waals surface area (Å²) in [7, 11) is 0. The van der Waals surface area contributed by atoms with E-state index in [2.05, 4.69) is 9.97 Å². The van der Waals surface area contributed by atoms with Crippen LogP contribution in [0.15, 0.2) is 36.2 Å². The topological polar surface area (TPSA) is 42.9 Å². The van der Waals surface area contributed by atoms with E-state index in [1.165, 1.54) is 11.3 Å². The van der Waals surface area contributed by atoms with Crippen LogP contribution in [0.5, 0.6) is 0 Å². The van der Waals surface area contributed by atoms with Crippen LogP contribution in [-0.4, -0.2) is 15.8 Å². The Labute approximate surface area is 91.8 Å². The van der Waals surface area contributed by atoms with Crippen molar-refractivity contribution in [3.05, 3.63) is 46.7 Å². The summed E-state index contributed by atoms with van der Waals surface area (Å²) < 4.78 is 0. The Kier molecular flexibility index (Phi) is 3.19. The van der Waals surface area contributed by atoms with Gasteiger partial charge in [0.25, 0.3) is 0 Å². The predicted molar refractivity (Wildman–Crippen MR) is 58.8 cm³/mol. The lowest BCUT2D eigenvalue weighted by Crippen LogP contribution is -2.05. The zero-order valence-corrected chi connectivity index (χ0v) is 8.91. The molecule has 0 aliphatic heterocycles. The number of ketones is 1. The van der Waals surface area contributed by atoms with Crippen LogP contribution in [0.3, 0.4) is 0 Å². The van der Waals surface area contributed by atoms with Crippen molar-refractivity contribution in [2.45, 2.75) is 12.8 Å². The maximum absolute atomic E-state index is 11.6. The third-order valence-electron chi connectivity index (χ3n) is 2.01.